The fourth-order valence-corrected chi connectivity index (χ4v) is 1.96. The molecule has 2 aromatic rings. The van der Waals surface area contributed by atoms with Gasteiger partial charge in [0.1, 0.15) is 5.75 Å². The number of hydrogen-bond donors (Lipinski definition) is 0. The van der Waals surface area contributed by atoms with E-state index in [1.165, 1.54) is 11.6 Å². The normalized spacial score (nSPS) is 10.4. The van der Waals surface area contributed by atoms with Crippen molar-refractivity contribution in [2.45, 2.75) is 19.2 Å². The SMILES string of the molecule is Cc1ccc(Oc2ccc(CBr)cc2F)cc1C. The summed E-state index contributed by atoms with van der Waals surface area (Å²) in [4.78, 5) is 0. The summed E-state index contributed by atoms with van der Waals surface area (Å²) in [5.41, 5.74) is 3.21. The molecule has 0 aliphatic carbocycles. The number of halogens is 2. The van der Waals surface area contributed by atoms with E-state index in [0.717, 1.165) is 11.1 Å². The van der Waals surface area contributed by atoms with E-state index in [2.05, 4.69) is 15.9 Å². The molecule has 0 radical (unpaired) electrons. The fourth-order valence-electron chi connectivity index (χ4n) is 1.61. The third-order valence-corrected chi connectivity index (χ3v) is 3.50. The van der Waals surface area contributed by atoms with Crippen molar-refractivity contribution in [2.24, 2.45) is 0 Å². The molecule has 0 aliphatic rings. The fraction of sp³-hybridized carbons (Fsp3) is 0.200. The summed E-state index contributed by atoms with van der Waals surface area (Å²) in [6.07, 6.45) is 0. The van der Waals surface area contributed by atoms with Gasteiger partial charge in [-0.15, -0.1) is 0 Å². The van der Waals surface area contributed by atoms with Crippen LogP contribution < -0.4 is 4.74 Å². The molecule has 0 atom stereocenters. The second kappa shape index (κ2) is 5.53. The van der Waals surface area contributed by atoms with Crippen molar-refractivity contribution in [2.75, 3.05) is 0 Å². The van der Waals surface area contributed by atoms with E-state index >= 15 is 0 Å². The Morgan fingerprint density at radius 2 is 1.83 bits per heavy atom. The van der Waals surface area contributed by atoms with Gasteiger partial charge in [0.2, 0.25) is 0 Å². The van der Waals surface area contributed by atoms with Crippen molar-refractivity contribution >= 4 is 15.9 Å². The highest BCUT2D eigenvalue weighted by atomic mass is 79.9. The van der Waals surface area contributed by atoms with Crippen molar-refractivity contribution in [3.8, 4) is 11.5 Å². The maximum absolute atomic E-state index is 13.8. The molecule has 0 fully saturated rings. The summed E-state index contributed by atoms with van der Waals surface area (Å²) >= 11 is 3.29. The molecule has 94 valence electrons. The van der Waals surface area contributed by atoms with Crippen LogP contribution in [0.1, 0.15) is 16.7 Å². The first-order chi connectivity index (χ1) is 8.60. The lowest BCUT2D eigenvalue weighted by Gasteiger charge is -2.09. The zero-order valence-electron chi connectivity index (χ0n) is 10.3. The highest BCUT2D eigenvalue weighted by molar-refractivity contribution is 9.08. The highest BCUT2D eigenvalue weighted by Crippen LogP contribution is 2.27. The van der Waals surface area contributed by atoms with Gasteiger partial charge in [-0.1, -0.05) is 28.1 Å². The van der Waals surface area contributed by atoms with Crippen molar-refractivity contribution in [1.82, 2.24) is 0 Å². The summed E-state index contributed by atoms with van der Waals surface area (Å²) in [6.45, 7) is 4.04. The lowest BCUT2D eigenvalue weighted by atomic mass is 10.1. The molecule has 0 heterocycles. The van der Waals surface area contributed by atoms with Gasteiger partial charge in [-0.2, -0.15) is 0 Å². The lowest BCUT2D eigenvalue weighted by Crippen LogP contribution is -1.91. The van der Waals surface area contributed by atoms with Crippen LogP contribution in [0.15, 0.2) is 36.4 Å². The lowest BCUT2D eigenvalue weighted by molar-refractivity contribution is 0.441. The van der Waals surface area contributed by atoms with Crippen molar-refractivity contribution < 1.29 is 9.13 Å². The number of rotatable bonds is 3. The van der Waals surface area contributed by atoms with Crippen LogP contribution in [-0.2, 0) is 5.33 Å². The van der Waals surface area contributed by atoms with Gasteiger partial charge in [-0.3, -0.25) is 0 Å². The molecule has 1 nitrogen and oxygen atoms in total. The molecule has 0 saturated carbocycles. The molecule has 0 unspecified atom stereocenters. The average Bonchev–Trinajstić information content (AvgIpc) is 2.36. The standard InChI is InChI=1S/C15H14BrFO/c1-10-3-5-13(7-11(10)2)18-15-6-4-12(9-16)8-14(15)17/h3-8H,9H2,1-2H3. The van der Waals surface area contributed by atoms with E-state index in [0.29, 0.717) is 11.1 Å². The van der Waals surface area contributed by atoms with Crippen molar-refractivity contribution in [1.29, 1.82) is 0 Å². The molecule has 2 rings (SSSR count). The number of benzene rings is 2. The maximum Gasteiger partial charge on any atom is 0.166 e. The van der Waals surface area contributed by atoms with E-state index in [1.807, 2.05) is 38.1 Å². The van der Waals surface area contributed by atoms with E-state index in [-0.39, 0.29) is 11.6 Å². The zero-order chi connectivity index (χ0) is 13.1. The average molecular weight is 309 g/mol. The Balaban J connectivity index is 2.25. The van der Waals surface area contributed by atoms with Crippen LogP contribution in [0, 0.1) is 19.7 Å². The van der Waals surface area contributed by atoms with E-state index in [1.54, 1.807) is 6.07 Å². The first-order valence-corrected chi connectivity index (χ1v) is 6.82. The molecule has 3 heteroatoms. The summed E-state index contributed by atoms with van der Waals surface area (Å²) in [5.74, 6) is 0.566. The summed E-state index contributed by atoms with van der Waals surface area (Å²) in [5, 5.41) is 0.633. The second-order valence-corrected chi connectivity index (χ2v) is 4.81. The minimum atomic E-state index is -0.342. The topological polar surface area (TPSA) is 9.23 Å². The molecule has 18 heavy (non-hydrogen) atoms. The predicted molar refractivity (Wildman–Crippen MR) is 75.0 cm³/mol. The Hall–Kier alpha value is -1.35. The van der Waals surface area contributed by atoms with Crippen LogP contribution in [0.2, 0.25) is 0 Å². The van der Waals surface area contributed by atoms with Crippen LogP contribution in [0.3, 0.4) is 0 Å². The van der Waals surface area contributed by atoms with Crippen LogP contribution in [0.25, 0.3) is 0 Å². The van der Waals surface area contributed by atoms with Gasteiger partial charge in [-0.05, 0) is 54.8 Å². The van der Waals surface area contributed by atoms with Gasteiger partial charge in [0.25, 0.3) is 0 Å². The molecule has 0 saturated heterocycles. The molecule has 0 amide bonds. The van der Waals surface area contributed by atoms with Crippen LogP contribution in [-0.4, -0.2) is 0 Å². The minimum Gasteiger partial charge on any atom is -0.454 e. The third-order valence-electron chi connectivity index (χ3n) is 2.86. The number of ether oxygens (including phenoxy) is 1. The molecular formula is C15H14BrFO. The summed E-state index contributed by atoms with van der Waals surface area (Å²) in [7, 11) is 0. The van der Waals surface area contributed by atoms with Crippen LogP contribution >= 0.6 is 15.9 Å². The molecule has 2 aromatic carbocycles. The first kappa shape index (κ1) is 13.1. The van der Waals surface area contributed by atoms with Gasteiger partial charge in [0, 0.05) is 5.33 Å². The molecule has 0 bridgehead atoms. The Morgan fingerprint density at radius 3 is 2.44 bits per heavy atom. The minimum absolute atomic E-state index is 0.253. The van der Waals surface area contributed by atoms with E-state index in [9.17, 15) is 4.39 Å². The Bertz CT molecular complexity index is 566. The van der Waals surface area contributed by atoms with Gasteiger partial charge < -0.3 is 4.74 Å². The Labute approximate surface area is 115 Å². The van der Waals surface area contributed by atoms with Gasteiger partial charge >= 0.3 is 0 Å². The molecule has 0 aliphatic heterocycles. The smallest absolute Gasteiger partial charge is 0.166 e. The third kappa shape index (κ3) is 2.91. The van der Waals surface area contributed by atoms with E-state index < -0.39 is 0 Å². The summed E-state index contributed by atoms with van der Waals surface area (Å²) in [6, 6.07) is 10.7. The van der Waals surface area contributed by atoms with Crippen LogP contribution in [0.4, 0.5) is 4.39 Å². The Morgan fingerprint density at radius 1 is 1.06 bits per heavy atom. The monoisotopic (exact) mass is 308 g/mol. The number of hydrogen-bond acceptors (Lipinski definition) is 1. The molecular weight excluding hydrogens is 295 g/mol. The maximum atomic E-state index is 13.8. The van der Waals surface area contributed by atoms with Gasteiger partial charge in [0.15, 0.2) is 11.6 Å². The Kier molecular flexibility index (Phi) is 4.02. The molecule has 0 spiro atoms. The number of alkyl halides is 1. The zero-order valence-corrected chi connectivity index (χ0v) is 11.9. The van der Waals surface area contributed by atoms with Gasteiger partial charge in [-0.25, -0.2) is 4.39 Å². The highest BCUT2D eigenvalue weighted by Gasteiger charge is 2.06. The van der Waals surface area contributed by atoms with Crippen molar-refractivity contribution in [3.63, 3.8) is 0 Å². The second-order valence-electron chi connectivity index (χ2n) is 4.25. The predicted octanol–water partition coefficient (Wildman–Crippen LogP) is 5.13. The summed E-state index contributed by atoms with van der Waals surface area (Å²) < 4.78 is 19.3. The molecule has 0 N–H and O–H groups in total. The largest absolute Gasteiger partial charge is 0.454 e. The van der Waals surface area contributed by atoms with E-state index in [4.69, 9.17) is 4.74 Å². The quantitative estimate of drug-likeness (QED) is 0.714. The first-order valence-electron chi connectivity index (χ1n) is 5.69. The van der Waals surface area contributed by atoms with Gasteiger partial charge in [0.05, 0.1) is 0 Å². The van der Waals surface area contributed by atoms with Crippen molar-refractivity contribution in [3.05, 3.63) is 58.9 Å². The molecule has 0 aromatic heterocycles. The number of aryl methyl sites for hydroxylation is 2. The van der Waals surface area contributed by atoms with Crippen LogP contribution in [0.5, 0.6) is 11.5 Å².